The SMILES string of the molecule is Cc1ccc(COc2cccc(C3=CCN(Cc4nc5cc(C=O)sc5n4C)CC3)n2)c(F)c1. The maximum Gasteiger partial charge on any atom is 0.214 e. The molecule has 0 aliphatic carbocycles. The van der Waals surface area contributed by atoms with Gasteiger partial charge in [-0.05, 0) is 42.7 Å². The highest BCUT2D eigenvalue weighted by molar-refractivity contribution is 7.20. The van der Waals surface area contributed by atoms with Gasteiger partial charge in [-0.15, -0.1) is 11.3 Å². The molecule has 34 heavy (non-hydrogen) atoms. The van der Waals surface area contributed by atoms with E-state index in [9.17, 15) is 9.18 Å². The van der Waals surface area contributed by atoms with E-state index in [1.54, 1.807) is 12.1 Å². The van der Waals surface area contributed by atoms with Crippen molar-refractivity contribution in [2.75, 3.05) is 13.1 Å². The minimum atomic E-state index is -0.261. The first-order valence-electron chi connectivity index (χ1n) is 11.2. The Morgan fingerprint density at radius 1 is 1.21 bits per heavy atom. The maximum absolute atomic E-state index is 14.1. The lowest BCUT2D eigenvalue weighted by Crippen LogP contribution is -2.29. The summed E-state index contributed by atoms with van der Waals surface area (Å²) in [6.45, 7) is 4.45. The van der Waals surface area contributed by atoms with Gasteiger partial charge in [-0.2, -0.15) is 0 Å². The van der Waals surface area contributed by atoms with E-state index in [1.807, 2.05) is 38.2 Å². The standard InChI is InChI=1S/C26H25FN4O2S/c1-17-6-7-19(21(27)12-17)16-33-25-5-3-4-22(29-25)18-8-10-31(11-9-18)14-24-28-23-13-20(15-32)34-26(23)30(24)2/h3-8,12-13,15H,9-11,14,16H2,1-2H3. The number of pyridine rings is 1. The number of thiophene rings is 1. The van der Waals surface area contributed by atoms with Crippen LogP contribution in [0.1, 0.15) is 38.7 Å². The maximum atomic E-state index is 14.1. The molecule has 0 unspecified atom stereocenters. The highest BCUT2D eigenvalue weighted by Gasteiger charge is 2.18. The molecule has 0 atom stereocenters. The number of halogens is 1. The second-order valence-electron chi connectivity index (χ2n) is 8.50. The number of aromatic nitrogens is 3. The number of ether oxygens (including phenoxy) is 1. The fraction of sp³-hybridized carbons (Fsp3) is 0.269. The zero-order valence-corrected chi connectivity index (χ0v) is 19.9. The van der Waals surface area contributed by atoms with E-state index in [0.717, 1.165) is 59.8 Å². The van der Waals surface area contributed by atoms with Crippen LogP contribution in [0.15, 0.2) is 48.5 Å². The van der Waals surface area contributed by atoms with Crippen molar-refractivity contribution in [1.29, 1.82) is 0 Å². The van der Waals surface area contributed by atoms with Gasteiger partial charge >= 0.3 is 0 Å². The molecular weight excluding hydrogens is 451 g/mol. The van der Waals surface area contributed by atoms with Crippen molar-refractivity contribution in [2.45, 2.75) is 26.5 Å². The first kappa shape index (κ1) is 22.4. The van der Waals surface area contributed by atoms with Crippen molar-refractivity contribution in [1.82, 2.24) is 19.4 Å². The van der Waals surface area contributed by atoms with Crippen LogP contribution in [0.5, 0.6) is 5.88 Å². The molecule has 1 aromatic carbocycles. The number of rotatable bonds is 7. The lowest BCUT2D eigenvalue weighted by atomic mass is 10.0. The Hall–Kier alpha value is -3.36. The molecule has 0 saturated heterocycles. The summed E-state index contributed by atoms with van der Waals surface area (Å²) in [5, 5.41) is 0. The van der Waals surface area contributed by atoms with Gasteiger partial charge in [-0.1, -0.05) is 24.3 Å². The number of carbonyl (C=O) groups is 1. The van der Waals surface area contributed by atoms with E-state index in [4.69, 9.17) is 9.72 Å². The zero-order chi connectivity index (χ0) is 23.7. The lowest BCUT2D eigenvalue weighted by molar-refractivity contribution is 0.112. The van der Waals surface area contributed by atoms with E-state index in [0.29, 0.717) is 16.3 Å². The molecule has 0 saturated carbocycles. The molecule has 4 aromatic rings. The van der Waals surface area contributed by atoms with E-state index >= 15 is 0 Å². The van der Waals surface area contributed by atoms with Gasteiger partial charge in [0.15, 0.2) is 6.29 Å². The summed E-state index contributed by atoms with van der Waals surface area (Å²) >= 11 is 1.47. The number of nitrogens with zero attached hydrogens (tertiary/aromatic N) is 4. The molecule has 1 aliphatic heterocycles. The Morgan fingerprint density at radius 2 is 2.09 bits per heavy atom. The second kappa shape index (κ2) is 9.48. The largest absolute Gasteiger partial charge is 0.473 e. The van der Waals surface area contributed by atoms with Gasteiger partial charge in [0.1, 0.15) is 28.6 Å². The fourth-order valence-electron chi connectivity index (χ4n) is 4.12. The van der Waals surface area contributed by atoms with Crippen LogP contribution in [-0.4, -0.2) is 38.8 Å². The number of imidazole rings is 1. The molecule has 1 aliphatic rings. The number of fused-ring (bicyclic) bond motifs is 1. The summed E-state index contributed by atoms with van der Waals surface area (Å²) in [5.74, 6) is 1.22. The molecule has 0 N–H and O–H groups in total. The molecule has 3 aromatic heterocycles. The fourth-order valence-corrected chi connectivity index (χ4v) is 5.02. The van der Waals surface area contributed by atoms with Gasteiger partial charge in [0, 0.05) is 31.8 Å². The monoisotopic (exact) mass is 476 g/mol. The summed E-state index contributed by atoms with van der Waals surface area (Å²) in [5.41, 5.74) is 4.35. The average Bonchev–Trinajstić information content (AvgIpc) is 3.38. The summed E-state index contributed by atoms with van der Waals surface area (Å²) in [6.07, 6.45) is 3.94. The molecular formula is C26H25FN4O2S. The number of hydrogen-bond acceptors (Lipinski definition) is 6. The highest BCUT2D eigenvalue weighted by atomic mass is 32.1. The van der Waals surface area contributed by atoms with Gasteiger partial charge in [-0.25, -0.2) is 14.4 Å². The van der Waals surface area contributed by atoms with E-state index in [2.05, 4.69) is 20.5 Å². The Balaban J connectivity index is 1.23. The van der Waals surface area contributed by atoms with E-state index < -0.39 is 0 Å². The number of benzene rings is 1. The van der Waals surface area contributed by atoms with E-state index in [-0.39, 0.29) is 12.4 Å². The Labute approximate surface area is 201 Å². The molecule has 0 bridgehead atoms. The van der Waals surface area contributed by atoms with E-state index in [1.165, 1.54) is 23.0 Å². The van der Waals surface area contributed by atoms with Crippen LogP contribution in [0.3, 0.4) is 0 Å². The van der Waals surface area contributed by atoms with Crippen LogP contribution < -0.4 is 4.74 Å². The van der Waals surface area contributed by atoms with Crippen LogP contribution in [0.4, 0.5) is 4.39 Å². The van der Waals surface area contributed by atoms with Crippen molar-refractivity contribution in [2.24, 2.45) is 7.05 Å². The van der Waals surface area contributed by atoms with Gasteiger partial charge in [0.25, 0.3) is 0 Å². The third-order valence-electron chi connectivity index (χ3n) is 6.07. The molecule has 5 rings (SSSR count). The summed E-state index contributed by atoms with van der Waals surface area (Å²) < 4.78 is 21.9. The Bertz CT molecular complexity index is 1390. The van der Waals surface area contributed by atoms with Crippen LogP contribution >= 0.6 is 11.3 Å². The first-order valence-corrected chi connectivity index (χ1v) is 12.0. The smallest absolute Gasteiger partial charge is 0.214 e. The third kappa shape index (κ3) is 4.64. The van der Waals surface area contributed by atoms with Gasteiger partial charge < -0.3 is 9.30 Å². The second-order valence-corrected chi connectivity index (χ2v) is 9.57. The molecule has 0 fully saturated rings. The van der Waals surface area contributed by atoms with Gasteiger partial charge in [-0.3, -0.25) is 9.69 Å². The summed E-state index contributed by atoms with van der Waals surface area (Å²) in [4.78, 5) is 24.4. The van der Waals surface area contributed by atoms with Crippen molar-refractivity contribution in [3.63, 3.8) is 0 Å². The number of aryl methyl sites for hydroxylation is 2. The topological polar surface area (TPSA) is 60.2 Å². The number of aldehydes is 1. The minimum Gasteiger partial charge on any atom is -0.473 e. The predicted octanol–water partition coefficient (Wildman–Crippen LogP) is 5.16. The molecule has 4 heterocycles. The molecule has 6 nitrogen and oxygen atoms in total. The van der Waals surface area contributed by atoms with Crippen molar-refractivity contribution in [3.05, 3.63) is 81.9 Å². The predicted molar refractivity (Wildman–Crippen MR) is 132 cm³/mol. The van der Waals surface area contributed by atoms with Crippen molar-refractivity contribution < 1.29 is 13.9 Å². The normalized spacial score (nSPS) is 14.4. The third-order valence-corrected chi connectivity index (χ3v) is 7.19. The molecule has 0 radical (unpaired) electrons. The van der Waals surface area contributed by atoms with Gasteiger partial charge in [0.2, 0.25) is 5.88 Å². The molecule has 0 spiro atoms. The number of carbonyl (C=O) groups excluding carboxylic acids is 1. The zero-order valence-electron chi connectivity index (χ0n) is 19.1. The number of hydrogen-bond donors (Lipinski definition) is 0. The van der Waals surface area contributed by atoms with Crippen LogP contribution in [0, 0.1) is 12.7 Å². The van der Waals surface area contributed by atoms with Crippen LogP contribution in [-0.2, 0) is 20.2 Å². The van der Waals surface area contributed by atoms with Crippen LogP contribution in [0.25, 0.3) is 15.9 Å². The Kier molecular flexibility index (Phi) is 6.26. The van der Waals surface area contributed by atoms with Crippen LogP contribution in [0.2, 0.25) is 0 Å². The summed E-state index contributed by atoms with van der Waals surface area (Å²) in [6, 6.07) is 12.7. The molecule has 8 heteroatoms. The first-order chi connectivity index (χ1) is 16.5. The minimum absolute atomic E-state index is 0.144. The van der Waals surface area contributed by atoms with Crippen molar-refractivity contribution in [3.8, 4) is 5.88 Å². The molecule has 174 valence electrons. The van der Waals surface area contributed by atoms with Crippen molar-refractivity contribution >= 4 is 33.5 Å². The summed E-state index contributed by atoms with van der Waals surface area (Å²) in [7, 11) is 2.00. The lowest BCUT2D eigenvalue weighted by Gasteiger charge is -2.25. The quantitative estimate of drug-likeness (QED) is 0.345. The highest BCUT2D eigenvalue weighted by Crippen LogP contribution is 2.27. The molecule has 0 amide bonds. The van der Waals surface area contributed by atoms with Gasteiger partial charge in [0.05, 0.1) is 17.1 Å². The average molecular weight is 477 g/mol. The Morgan fingerprint density at radius 3 is 2.82 bits per heavy atom.